The molecular formula is C15H18O4S. The molecule has 2 aromatic rings. The highest BCUT2D eigenvalue weighted by Gasteiger charge is 2.10. The summed E-state index contributed by atoms with van der Waals surface area (Å²) in [6.07, 6.45) is 1.18. The summed E-state index contributed by atoms with van der Waals surface area (Å²) in [5.41, 5.74) is 0. The van der Waals surface area contributed by atoms with Crippen molar-refractivity contribution >= 4 is 20.9 Å². The normalized spacial score (nSPS) is 13.3. The van der Waals surface area contributed by atoms with Crippen LogP contribution in [0.5, 0.6) is 5.75 Å². The smallest absolute Gasteiger partial charge is 0.264 e. The molecule has 108 valence electrons. The molecule has 1 atom stereocenters. The average Bonchev–Trinajstić information content (AvgIpc) is 2.36. The van der Waals surface area contributed by atoms with Crippen molar-refractivity contribution in [1.82, 2.24) is 0 Å². The first-order valence-electron chi connectivity index (χ1n) is 6.44. The van der Waals surface area contributed by atoms with Crippen LogP contribution in [0.25, 0.3) is 10.8 Å². The molecule has 0 aliphatic rings. The van der Waals surface area contributed by atoms with Crippen molar-refractivity contribution in [2.75, 3.05) is 12.9 Å². The fourth-order valence-electron chi connectivity index (χ4n) is 1.95. The van der Waals surface area contributed by atoms with Crippen LogP contribution in [-0.2, 0) is 14.3 Å². The van der Waals surface area contributed by atoms with E-state index in [1.807, 2.05) is 42.5 Å². The van der Waals surface area contributed by atoms with Crippen LogP contribution in [0.1, 0.15) is 13.3 Å². The van der Waals surface area contributed by atoms with Crippen molar-refractivity contribution in [3.8, 4) is 5.75 Å². The molecule has 0 aromatic heterocycles. The molecule has 5 heteroatoms. The van der Waals surface area contributed by atoms with Crippen LogP contribution in [0.15, 0.2) is 42.5 Å². The molecule has 0 aliphatic carbocycles. The second kappa shape index (κ2) is 6.24. The lowest BCUT2D eigenvalue weighted by Crippen LogP contribution is -2.16. The van der Waals surface area contributed by atoms with E-state index in [-0.39, 0.29) is 6.10 Å². The molecule has 0 spiro atoms. The second-order valence-corrected chi connectivity index (χ2v) is 6.36. The molecule has 1 unspecified atom stereocenters. The van der Waals surface area contributed by atoms with E-state index in [0.29, 0.717) is 13.0 Å². The lowest BCUT2D eigenvalue weighted by molar-refractivity contribution is 0.184. The maximum atomic E-state index is 11.0. The quantitative estimate of drug-likeness (QED) is 0.769. The molecule has 0 aliphatic heterocycles. The minimum absolute atomic E-state index is 0.384. The van der Waals surface area contributed by atoms with Gasteiger partial charge < -0.3 is 4.74 Å². The zero-order chi connectivity index (χ0) is 14.6. The standard InChI is InChI=1S/C15H18O4S/c1-12(19-20(2,16)17)9-10-18-15-8-7-13-5-3-4-6-14(13)11-15/h3-8,11-12H,9-10H2,1-2H3. The van der Waals surface area contributed by atoms with Crippen LogP contribution in [-0.4, -0.2) is 27.4 Å². The molecule has 2 rings (SSSR count). The molecule has 2 aromatic carbocycles. The number of rotatable bonds is 6. The Balaban J connectivity index is 1.90. The monoisotopic (exact) mass is 294 g/mol. The number of hydrogen-bond donors (Lipinski definition) is 0. The molecule has 0 radical (unpaired) electrons. The van der Waals surface area contributed by atoms with Crippen molar-refractivity contribution in [3.05, 3.63) is 42.5 Å². The summed E-state index contributed by atoms with van der Waals surface area (Å²) >= 11 is 0. The fraction of sp³-hybridized carbons (Fsp3) is 0.333. The minimum atomic E-state index is -3.40. The molecule has 0 amide bonds. The maximum Gasteiger partial charge on any atom is 0.264 e. The predicted molar refractivity (Wildman–Crippen MR) is 79.5 cm³/mol. The molecule has 0 bridgehead atoms. The van der Waals surface area contributed by atoms with Gasteiger partial charge in [0.05, 0.1) is 19.0 Å². The topological polar surface area (TPSA) is 52.6 Å². The average molecular weight is 294 g/mol. The lowest BCUT2D eigenvalue weighted by atomic mass is 10.1. The van der Waals surface area contributed by atoms with E-state index < -0.39 is 10.1 Å². The lowest BCUT2D eigenvalue weighted by Gasteiger charge is -2.12. The van der Waals surface area contributed by atoms with Crippen LogP contribution in [0.3, 0.4) is 0 Å². The van der Waals surface area contributed by atoms with E-state index in [9.17, 15) is 8.42 Å². The van der Waals surface area contributed by atoms with Gasteiger partial charge in [0.2, 0.25) is 0 Å². The molecule has 0 N–H and O–H groups in total. The Morgan fingerprint density at radius 1 is 1.10 bits per heavy atom. The summed E-state index contributed by atoms with van der Waals surface area (Å²) in [6.45, 7) is 2.12. The van der Waals surface area contributed by atoms with Gasteiger partial charge in [-0.3, -0.25) is 4.18 Å². The van der Waals surface area contributed by atoms with Gasteiger partial charge in [-0.25, -0.2) is 0 Å². The van der Waals surface area contributed by atoms with Gasteiger partial charge in [-0.2, -0.15) is 8.42 Å². The maximum absolute atomic E-state index is 11.0. The summed E-state index contributed by atoms with van der Waals surface area (Å²) in [5.74, 6) is 0.773. The Kier molecular flexibility index (Phi) is 4.62. The van der Waals surface area contributed by atoms with Crippen LogP contribution >= 0.6 is 0 Å². The Hall–Kier alpha value is -1.59. The Morgan fingerprint density at radius 2 is 1.80 bits per heavy atom. The third-order valence-electron chi connectivity index (χ3n) is 2.85. The largest absolute Gasteiger partial charge is 0.493 e. The molecule has 0 heterocycles. The number of ether oxygens (including phenoxy) is 1. The predicted octanol–water partition coefficient (Wildman–Crippen LogP) is 2.97. The van der Waals surface area contributed by atoms with Crippen molar-refractivity contribution < 1.29 is 17.3 Å². The van der Waals surface area contributed by atoms with E-state index in [0.717, 1.165) is 22.8 Å². The van der Waals surface area contributed by atoms with Gasteiger partial charge in [0.1, 0.15) is 5.75 Å². The summed E-state index contributed by atoms with van der Waals surface area (Å²) in [7, 11) is -3.40. The van der Waals surface area contributed by atoms with Crippen molar-refractivity contribution in [2.45, 2.75) is 19.4 Å². The SMILES string of the molecule is CC(CCOc1ccc2ccccc2c1)OS(C)(=O)=O. The van der Waals surface area contributed by atoms with Crippen LogP contribution < -0.4 is 4.74 Å². The van der Waals surface area contributed by atoms with Crippen molar-refractivity contribution in [3.63, 3.8) is 0 Å². The second-order valence-electron chi connectivity index (χ2n) is 4.76. The van der Waals surface area contributed by atoms with E-state index >= 15 is 0 Å². The molecular weight excluding hydrogens is 276 g/mol. The Labute approximate surface area is 119 Å². The summed E-state index contributed by atoms with van der Waals surface area (Å²) in [5, 5.41) is 2.28. The van der Waals surface area contributed by atoms with Gasteiger partial charge in [0, 0.05) is 6.42 Å². The molecule has 0 fully saturated rings. The van der Waals surface area contributed by atoms with E-state index in [1.165, 1.54) is 0 Å². The minimum Gasteiger partial charge on any atom is -0.493 e. The van der Waals surface area contributed by atoms with Gasteiger partial charge >= 0.3 is 0 Å². The first kappa shape index (κ1) is 14.8. The van der Waals surface area contributed by atoms with Gasteiger partial charge in [-0.1, -0.05) is 30.3 Å². The van der Waals surface area contributed by atoms with Gasteiger partial charge in [0.15, 0.2) is 0 Å². The van der Waals surface area contributed by atoms with Crippen molar-refractivity contribution in [2.24, 2.45) is 0 Å². The highest BCUT2D eigenvalue weighted by Crippen LogP contribution is 2.20. The summed E-state index contributed by atoms with van der Waals surface area (Å²) in [4.78, 5) is 0. The van der Waals surface area contributed by atoms with E-state index in [1.54, 1.807) is 6.92 Å². The highest BCUT2D eigenvalue weighted by atomic mass is 32.2. The number of hydrogen-bond acceptors (Lipinski definition) is 4. The highest BCUT2D eigenvalue weighted by molar-refractivity contribution is 7.86. The van der Waals surface area contributed by atoms with Crippen LogP contribution in [0.4, 0.5) is 0 Å². The fourth-order valence-corrected chi connectivity index (χ4v) is 2.64. The number of benzene rings is 2. The first-order valence-corrected chi connectivity index (χ1v) is 8.25. The van der Waals surface area contributed by atoms with Crippen LogP contribution in [0, 0.1) is 0 Å². The van der Waals surface area contributed by atoms with Gasteiger partial charge in [0.25, 0.3) is 10.1 Å². The van der Waals surface area contributed by atoms with Gasteiger partial charge in [-0.05, 0) is 29.8 Å². The molecule has 0 saturated carbocycles. The van der Waals surface area contributed by atoms with Crippen molar-refractivity contribution in [1.29, 1.82) is 0 Å². The van der Waals surface area contributed by atoms with Gasteiger partial charge in [-0.15, -0.1) is 0 Å². The first-order chi connectivity index (χ1) is 9.44. The third kappa shape index (κ3) is 4.51. The van der Waals surface area contributed by atoms with E-state index in [4.69, 9.17) is 8.92 Å². The molecule has 4 nitrogen and oxygen atoms in total. The zero-order valence-corrected chi connectivity index (χ0v) is 12.4. The Bertz CT molecular complexity index is 679. The summed E-state index contributed by atoms with van der Waals surface area (Å²) < 4.78 is 32.4. The van der Waals surface area contributed by atoms with Crippen LogP contribution in [0.2, 0.25) is 0 Å². The zero-order valence-electron chi connectivity index (χ0n) is 11.6. The molecule has 20 heavy (non-hydrogen) atoms. The number of fused-ring (bicyclic) bond motifs is 1. The summed E-state index contributed by atoms with van der Waals surface area (Å²) in [6, 6.07) is 13.9. The van der Waals surface area contributed by atoms with E-state index in [2.05, 4.69) is 0 Å². The molecule has 0 saturated heterocycles. The Morgan fingerprint density at radius 3 is 2.50 bits per heavy atom. The third-order valence-corrected chi connectivity index (χ3v) is 3.53.